The highest BCUT2D eigenvalue weighted by Crippen LogP contribution is 1.75. The molecule has 0 unspecified atom stereocenters. The average Bonchev–Trinajstić information content (AvgIpc) is 1.37. The maximum Gasteiger partial charge on any atom is 0.189 e. The van der Waals surface area contributed by atoms with Crippen molar-refractivity contribution in [2.24, 2.45) is 0 Å². The Labute approximate surface area is 28.9 Å². The third-order valence-electron chi connectivity index (χ3n) is 0.0745. The van der Waals surface area contributed by atoms with Crippen LogP contribution in [0.15, 0.2) is 0 Å². The van der Waals surface area contributed by atoms with Gasteiger partial charge < -0.3 is 9.59 Å². The van der Waals surface area contributed by atoms with Gasteiger partial charge in [-0.15, -0.1) is 0 Å². The molecule has 0 rings (SSSR count). The second-order valence-corrected chi connectivity index (χ2v) is 0.771. The summed E-state index contributed by atoms with van der Waals surface area (Å²) in [5, 5.41) is 8.89. The molecule has 4 heavy (non-hydrogen) atoms. The normalized spacial score (nSPS) is 7.50. The monoisotopic (exact) mass is 80.0 g/mol. The maximum absolute atomic E-state index is 8.89. The second-order valence-electron chi connectivity index (χ2n) is 0.257. The van der Waals surface area contributed by atoms with E-state index in [4.69, 9.17) is 5.26 Å². The molecule has 0 heterocycles. The van der Waals surface area contributed by atoms with Crippen molar-refractivity contribution in [1.82, 2.24) is 0 Å². The van der Waals surface area contributed by atoms with Gasteiger partial charge >= 0.3 is 0 Å². The summed E-state index contributed by atoms with van der Waals surface area (Å²) in [7, 11) is 0. The van der Waals surface area contributed by atoms with E-state index in [1.807, 2.05) is 0 Å². The Morgan fingerprint density at radius 3 is 2.25 bits per heavy atom. The SMILES string of the molecule is CS[OH+][O-]. The fraction of sp³-hybridized carbons (Fsp3) is 1.00. The molecule has 0 aliphatic heterocycles. The van der Waals surface area contributed by atoms with Crippen LogP contribution in [0.2, 0.25) is 0 Å². The molecule has 0 atom stereocenters. The number of rotatable bonds is 1. The van der Waals surface area contributed by atoms with Crippen LogP contribution in [0.5, 0.6) is 0 Å². The molecular weight excluding hydrogens is 76.1 g/mol. The Bertz CT molecular complexity index is 8.00. The Morgan fingerprint density at radius 2 is 2.25 bits per heavy atom. The van der Waals surface area contributed by atoms with E-state index >= 15 is 0 Å². The van der Waals surface area contributed by atoms with Crippen LogP contribution < -0.4 is 5.26 Å². The van der Waals surface area contributed by atoms with Crippen molar-refractivity contribution in [3.63, 3.8) is 0 Å². The van der Waals surface area contributed by atoms with E-state index in [1.54, 1.807) is 6.26 Å². The van der Waals surface area contributed by atoms with Crippen LogP contribution >= 0.6 is 12.0 Å². The lowest BCUT2D eigenvalue weighted by Gasteiger charge is -1.82. The van der Waals surface area contributed by atoms with E-state index in [1.165, 1.54) is 0 Å². The molecule has 2 nitrogen and oxygen atoms in total. The van der Waals surface area contributed by atoms with Gasteiger partial charge in [0.15, 0.2) is 12.0 Å². The van der Waals surface area contributed by atoms with E-state index in [0.717, 1.165) is 12.0 Å². The molecule has 0 saturated carbocycles. The summed E-state index contributed by atoms with van der Waals surface area (Å²) in [5.41, 5.74) is 0. The second kappa shape index (κ2) is 3.27. The highest BCUT2D eigenvalue weighted by Gasteiger charge is 1.55. The zero-order valence-electron chi connectivity index (χ0n) is 2.26. The molecule has 26 valence electrons. The van der Waals surface area contributed by atoms with Gasteiger partial charge in [0.2, 0.25) is 0 Å². The van der Waals surface area contributed by atoms with Crippen LogP contribution in [-0.2, 0) is 0 Å². The van der Waals surface area contributed by atoms with Crippen LogP contribution in [0.1, 0.15) is 0 Å². The van der Waals surface area contributed by atoms with Gasteiger partial charge in [-0.1, -0.05) is 0 Å². The van der Waals surface area contributed by atoms with Crippen LogP contribution in [-0.4, -0.2) is 10.6 Å². The van der Waals surface area contributed by atoms with Crippen LogP contribution in [0, 0.1) is 0 Å². The number of hydrogen-bond donors (Lipinski definition) is 0. The summed E-state index contributed by atoms with van der Waals surface area (Å²) in [6, 6.07) is 0. The molecule has 0 spiro atoms. The third-order valence-corrected chi connectivity index (χ3v) is 0.224. The predicted octanol–water partition coefficient (Wildman–Crippen LogP) is -0.367. The molecule has 0 radical (unpaired) electrons. The van der Waals surface area contributed by atoms with Crippen molar-refractivity contribution in [3.8, 4) is 0 Å². The molecule has 1 N–H and O–H groups in total. The van der Waals surface area contributed by atoms with E-state index < -0.39 is 0 Å². The van der Waals surface area contributed by atoms with Crippen molar-refractivity contribution in [2.45, 2.75) is 0 Å². The zero-order chi connectivity index (χ0) is 3.41. The fourth-order valence-corrected chi connectivity index (χ4v) is 0. The van der Waals surface area contributed by atoms with Gasteiger partial charge in [0, 0.05) is 0 Å². The van der Waals surface area contributed by atoms with Gasteiger partial charge in [-0.25, -0.2) is 0 Å². The molecule has 0 aliphatic carbocycles. The lowest BCUT2D eigenvalue weighted by atomic mass is 12.0. The molecule has 0 saturated heterocycles. The molecule has 0 amide bonds. The Balaban J connectivity index is 1.97. The lowest BCUT2D eigenvalue weighted by molar-refractivity contribution is -0.710. The summed E-state index contributed by atoms with van der Waals surface area (Å²) in [6.45, 7) is 0. The minimum absolute atomic E-state index is 0.926. The Morgan fingerprint density at radius 1 is 2.00 bits per heavy atom. The molecule has 0 aromatic carbocycles. The van der Waals surface area contributed by atoms with E-state index in [-0.39, 0.29) is 0 Å². The zero-order valence-corrected chi connectivity index (χ0v) is 3.08. The first-order chi connectivity index (χ1) is 1.91. The van der Waals surface area contributed by atoms with Crippen molar-refractivity contribution in [3.05, 3.63) is 0 Å². The van der Waals surface area contributed by atoms with Gasteiger partial charge in [-0.3, -0.25) is 0 Å². The van der Waals surface area contributed by atoms with Gasteiger partial charge in [-0.2, -0.15) is 0 Å². The van der Waals surface area contributed by atoms with Gasteiger partial charge in [0.1, 0.15) is 0 Å². The van der Waals surface area contributed by atoms with Crippen molar-refractivity contribution >= 4 is 12.0 Å². The molecule has 0 aromatic rings. The summed E-state index contributed by atoms with van der Waals surface area (Å²) in [6.07, 6.45) is 1.62. The Hall–Kier alpha value is 0.270. The standard InChI is InChI=1S/CH4O2S/c1-4-3-2/h3H,1H3. The van der Waals surface area contributed by atoms with Crippen LogP contribution in [0.3, 0.4) is 0 Å². The number of hydrogen-bond acceptors (Lipinski definition) is 2. The predicted molar refractivity (Wildman–Crippen MR) is 16.1 cm³/mol. The topological polar surface area (TPSA) is 35.9 Å². The molecule has 0 aromatic heterocycles. The first kappa shape index (κ1) is 4.27. The molecule has 0 fully saturated rings. The minimum Gasteiger partial charge on any atom is -0.519 e. The first-order valence-electron chi connectivity index (χ1n) is 0.773. The highest BCUT2D eigenvalue weighted by atomic mass is 32.2. The van der Waals surface area contributed by atoms with Crippen molar-refractivity contribution < 1.29 is 9.59 Å². The maximum atomic E-state index is 8.89. The van der Waals surface area contributed by atoms with E-state index in [9.17, 15) is 0 Å². The average molecular weight is 80.1 g/mol. The molecule has 3 heteroatoms. The molecule has 0 aliphatic rings. The Kier molecular flexibility index (Phi) is 3.49. The fourth-order valence-electron chi connectivity index (χ4n) is 0. The smallest absolute Gasteiger partial charge is 0.189 e. The summed E-state index contributed by atoms with van der Waals surface area (Å²) < 4.78 is 2.40. The molecule has 0 bridgehead atoms. The minimum atomic E-state index is 0.926. The van der Waals surface area contributed by atoms with Gasteiger partial charge in [0.05, 0.1) is 6.26 Å². The summed E-state index contributed by atoms with van der Waals surface area (Å²) in [5.74, 6) is 0. The van der Waals surface area contributed by atoms with E-state index in [2.05, 4.69) is 4.33 Å². The van der Waals surface area contributed by atoms with Gasteiger partial charge in [-0.05, 0) is 0 Å². The first-order valence-corrected chi connectivity index (χ1v) is 1.96. The quantitative estimate of drug-likeness (QED) is 0.186. The highest BCUT2D eigenvalue weighted by molar-refractivity contribution is 7.93. The van der Waals surface area contributed by atoms with Crippen molar-refractivity contribution in [1.29, 1.82) is 0 Å². The van der Waals surface area contributed by atoms with Crippen LogP contribution in [0.4, 0.5) is 0 Å². The summed E-state index contributed by atoms with van der Waals surface area (Å²) >= 11 is 0.926. The van der Waals surface area contributed by atoms with Crippen molar-refractivity contribution in [2.75, 3.05) is 6.26 Å². The third kappa shape index (κ3) is 2.27. The van der Waals surface area contributed by atoms with E-state index in [0.29, 0.717) is 0 Å². The molecular formula is CH4O2S. The van der Waals surface area contributed by atoms with Crippen LogP contribution in [0.25, 0.3) is 0 Å². The summed E-state index contributed by atoms with van der Waals surface area (Å²) in [4.78, 5) is 0. The van der Waals surface area contributed by atoms with Gasteiger partial charge in [0.25, 0.3) is 0 Å². The largest absolute Gasteiger partial charge is 0.519 e. The lowest BCUT2D eigenvalue weighted by Crippen LogP contribution is -2.00.